The van der Waals surface area contributed by atoms with Crippen molar-refractivity contribution in [2.24, 2.45) is 0 Å². The van der Waals surface area contributed by atoms with E-state index in [4.69, 9.17) is 10.2 Å². The summed E-state index contributed by atoms with van der Waals surface area (Å²) in [7, 11) is 0. The highest BCUT2D eigenvalue weighted by Crippen LogP contribution is 2.17. The number of nitrogens with one attached hydrogen (secondary N) is 1. The van der Waals surface area contributed by atoms with E-state index in [9.17, 15) is 4.79 Å². The van der Waals surface area contributed by atoms with E-state index >= 15 is 0 Å². The van der Waals surface area contributed by atoms with Crippen molar-refractivity contribution >= 4 is 6.09 Å². The molecule has 1 aliphatic rings. The normalized spacial score (nSPS) is 24.2. The molecule has 1 unspecified atom stereocenters. The van der Waals surface area contributed by atoms with Gasteiger partial charge in [-0.15, -0.1) is 0 Å². The zero-order chi connectivity index (χ0) is 9.68. The molecule has 0 aromatic heterocycles. The molecule has 0 spiro atoms. The highest BCUT2D eigenvalue weighted by molar-refractivity contribution is 5.63. The molecule has 0 bridgehead atoms. The van der Waals surface area contributed by atoms with Gasteiger partial charge in [-0.25, -0.2) is 9.80 Å². The third-order valence-electron chi connectivity index (χ3n) is 2.33. The van der Waals surface area contributed by atoms with Crippen LogP contribution in [0.3, 0.4) is 0 Å². The van der Waals surface area contributed by atoms with Gasteiger partial charge in [0.05, 0.1) is 0 Å². The maximum Gasteiger partial charge on any atom is 0.419 e. The second-order valence-electron chi connectivity index (χ2n) is 3.27. The second-order valence-corrected chi connectivity index (χ2v) is 3.27. The third-order valence-corrected chi connectivity index (χ3v) is 2.33. The number of carbonyl (C=O) groups is 1. The summed E-state index contributed by atoms with van der Waals surface area (Å²) in [5, 5.41) is 19.0. The zero-order valence-electron chi connectivity index (χ0n) is 7.57. The van der Waals surface area contributed by atoms with Gasteiger partial charge < -0.3 is 10.2 Å². The summed E-state index contributed by atoms with van der Waals surface area (Å²) in [4.78, 5) is 10.4. The smallest absolute Gasteiger partial charge is 0.419 e. The summed E-state index contributed by atoms with van der Waals surface area (Å²) in [6.07, 6.45) is 2.70. The molecule has 1 aliphatic heterocycles. The highest BCUT2D eigenvalue weighted by atomic mass is 16.4. The van der Waals surface area contributed by atoms with E-state index in [1.54, 1.807) is 5.01 Å². The molecule has 0 aromatic carbocycles. The summed E-state index contributed by atoms with van der Waals surface area (Å²) < 4.78 is 0. The van der Waals surface area contributed by atoms with Crippen molar-refractivity contribution in [1.29, 1.82) is 0 Å². The van der Waals surface area contributed by atoms with E-state index in [0.29, 0.717) is 6.42 Å². The van der Waals surface area contributed by atoms with Crippen LogP contribution in [0.2, 0.25) is 0 Å². The summed E-state index contributed by atoms with van der Waals surface area (Å²) in [5.41, 5.74) is 2.36. The summed E-state index contributed by atoms with van der Waals surface area (Å²) in [6.45, 7) is 0.861. The van der Waals surface area contributed by atoms with Crippen molar-refractivity contribution in [3.8, 4) is 0 Å². The van der Waals surface area contributed by atoms with Crippen LogP contribution in [0.15, 0.2) is 0 Å². The summed E-state index contributed by atoms with van der Waals surface area (Å²) >= 11 is 0. The fraction of sp³-hybridized carbons (Fsp3) is 0.875. The number of piperidine rings is 1. The number of hydrogen-bond acceptors (Lipinski definition) is 3. The minimum atomic E-state index is -1.02. The van der Waals surface area contributed by atoms with Gasteiger partial charge in [-0.05, 0) is 19.3 Å². The summed E-state index contributed by atoms with van der Waals surface area (Å²) in [5.74, 6) is 0. The topological polar surface area (TPSA) is 72.8 Å². The van der Waals surface area contributed by atoms with Crippen LogP contribution in [0, 0.1) is 0 Å². The average Bonchev–Trinajstić information content (AvgIpc) is 2.08. The van der Waals surface area contributed by atoms with E-state index in [-0.39, 0.29) is 12.6 Å². The molecular formula is C8H16N2O3. The second kappa shape index (κ2) is 5.04. The molecular weight excluding hydrogens is 172 g/mol. The van der Waals surface area contributed by atoms with Crippen molar-refractivity contribution in [2.75, 3.05) is 13.2 Å². The lowest BCUT2D eigenvalue weighted by Gasteiger charge is -2.34. The fourth-order valence-electron chi connectivity index (χ4n) is 1.72. The standard InChI is InChI=1S/C8H16N2O3/c11-6-4-7-3-1-2-5-10(7)9-8(12)13/h7,9,11H,1-6H2,(H,12,13). The predicted octanol–water partition coefficient (Wildman–Crippen LogP) is 0.406. The Morgan fingerprint density at radius 3 is 2.92 bits per heavy atom. The minimum absolute atomic E-state index is 0.114. The van der Waals surface area contributed by atoms with Gasteiger partial charge in [0.15, 0.2) is 0 Å². The van der Waals surface area contributed by atoms with E-state index in [2.05, 4.69) is 5.43 Å². The van der Waals surface area contributed by atoms with Gasteiger partial charge in [-0.2, -0.15) is 0 Å². The number of rotatable bonds is 3. The molecule has 1 rings (SSSR count). The Labute approximate surface area is 77.3 Å². The Hall–Kier alpha value is -0.810. The Bertz CT molecular complexity index is 173. The van der Waals surface area contributed by atoms with Crippen molar-refractivity contribution in [3.05, 3.63) is 0 Å². The number of hydrogen-bond donors (Lipinski definition) is 3. The van der Waals surface area contributed by atoms with Crippen LogP contribution >= 0.6 is 0 Å². The first kappa shape index (κ1) is 10.3. The Morgan fingerprint density at radius 2 is 2.31 bits per heavy atom. The predicted molar refractivity (Wildman–Crippen MR) is 47.2 cm³/mol. The largest absolute Gasteiger partial charge is 0.464 e. The van der Waals surface area contributed by atoms with Gasteiger partial charge in [0.25, 0.3) is 0 Å². The monoisotopic (exact) mass is 188 g/mol. The number of hydrazine groups is 1. The molecule has 5 heteroatoms. The van der Waals surface area contributed by atoms with E-state index in [0.717, 1.165) is 25.8 Å². The molecule has 1 fully saturated rings. The SMILES string of the molecule is O=C(O)NN1CCCCC1CCO. The van der Waals surface area contributed by atoms with Gasteiger partial charge in [0.1, 0.15) is 0 Å². The van der Waals surface area contributed by atoms with Gasteiger partial charge in [-0.1, -0.05) is 6.42 Å². The van der Waals surface area contributed by atoms with Crippen LogP contribution in [0.25, 0.3) is 0 Å². The Kier molecular flexibility index (Phi) is 3.98. The molecule has 0 aromatic rings. The molecule has 13 heavy (non-hydrogen) atoms. The quantitative estimate of drug-likeness (QED) is 0.599. The molecule has 1 amide bonds. The first-order valence-electron chi connectivity index (χ1n) is 4.61. The lowest BCUT2D eigenvalue weighted by Crippen LogP contribution is -2.50. The number of nitrogens with zero attached hydrogens (tertiary/aromatic N) is 1. The van der Waals surface area contributed by atoms with Gasteiger partial charge in [0, 0.05) is 19.2 Å². The van der Waals surface area contributed by atoms with Crippen molar-refractivity contribution < 1.29 is 15.0 Å². The van der Waals surface area contributed by atoms with Crippen molar-refractivity contribution in [3.63, 3.8) is 0 Å². The first-order chi connectivity index (χ1) is 6.24. The molecule has 3 N–H and O–H groups in total. The van der Waals surface area contributed by atoms with Gasteiger partial charge >= 0.3 is 6.09 Å². The molecule has 0 radical (unpaired) electrons. The Balaban J connectivity index is 2.41. The van der Waals surface area contributed by atoms with Crippen LogP contribution < -0.4 is 5.43 Å². The van der Waals surface area contributed by atoms with Crippen LogP contribution in [-0.2, 0) is 0 Å². The maximum atomic E-state index is 10.4. The fourth-order valence-corrected chi connectivity index (χ4v) is 1.72. The molecule has 1 heterocycles. The first-order valence-corrected chi connectivity index (χ1v) is 4.61. The average molecular weight is 188 g/mol. The van der Waals surface area contributed by atoms with E-state index in [1.807, 2.05) is 0 Å². The number of carboxylic acid groups (broad SMARTS) is 1. The van der Waals surface area contributed by atoms with Crippen LogP contribution in [0.4, 0.5) is 4.79 Å². The highest BCUT2D eigenvalue weighted by Gasteiger charge is 2.22. The van der Waals surface area contributed by atoms with Gasteiger partial charge in [0.2, 0.25) is 0 Å². The maximum absolute atomic E-state index is 10.4. The van der Waals surface area contributed by atoms with Crippen molar-refractivity contribution in [2.45, 2.75) is 31.7 Å². The van der Waals surface area contributed by atoms with Gasteiger partial charge in [-0.3, -0.25) is 5.43 Å². The number of amides is 1. The molecule has 0 aliphatic carbocycles. The third kappa shape index (κ3) is 3.20. The molecule has 0 saturated carbocycles. The van der Waals surface area contributed by atoms with Crippen LogP contribution in [0.1, 0.15) is 25.7 Å². The molecule has 76 valence electrons. The van der Waals surface area contributed by atoms with Crippen molar-refractivity contribution in [1.82, 2.24) is 10.4 Å². The zero-order valence-corrected chi connectivity index (χ0v) is 7.57. The lowest BCUT2D eigenvalue weighted by molar-refractivity contribution is 0.0650. The number of aliphatic hydroxyl groups is 1. The molecule has 5 nitrogen and oxygen atoms in total. The minimum Gasteiger partial charge on any atom is -0.464 e. The van der Waals surface area contributed by atoms with Crippen LogP contribution in [0.5, 0.6) is 0 Å². The molecule has 1 saturated heterocycles. The summed E-state index contributed by atoms with van der Waals surface area (Å²) in [6, 6.07) is 0.162. The van der Waals surface area contributed by atoms with E-state index < -0.39 is 6.09 Å². The Morgan fingerprint density at radius 1 is 1.54 bits per heavy atom. The number of aliphatic hydroxyl groups excluding tert-OH is 1. The lowest BCUT2D eigenvalue weighted by atomic mass is 10.0. The van der Waals surface area contributed by atoms with Crippen LogP contribution in [-0.4, -0.2) is 40.5 Å². The van der Waals surface area contributed by atoms with E-state index in [1.165, 1.54) is 0 Å². The molecule has 1 atom stereocenters.